The Labute approximate surface area is 87.7 Å². The Morgan fingerprint density at radius 1 is 1.33 bits per heavy atom. The second-order valence-electron chi connectivity index (χ2n) is 3.44. The lowest BCUT2D eigenvalue weighted by atomic mass is 10.0. The highest BCUT2D eigenvalue weighted by molar-refractivity contribution is 5.98. The van der Waals surface area contributed by atoms with Crippen LogP contribution in [-0.4, -0.2) is 22.9 Å². The number of carboxylic acid groups (broad SMARTS) is 1. The van der Waals surface area contributed by atoms with Crippen molar-refractivity contribution in [3.63, 3.8) is 0 Å². The van der Waals surface area contributed by atoms with Crippen LogP contribution in [0.15, 0.2) is 24.3 Å². The van der Waals surface area contributed by atoms with Crippen LogP contribution < -0.4 is 5.73 Å². The van der Waals surface area contributed by atoms with Crippen LogP contribution in [0.2, 0.25) is 0 Å². The van der Waals surface area contributed by atoms with Crippen molar-refractivity contribution < 1.29 is 14.7 Å². The van der Waals surface area contributed by atoms with E-state index < -0.39 is 12.0 Å². The fraction of sp³-hybridized carbons (Fsp3) is 0.273. The molecule has 1 unspecified atom stereocenters. The van der Waals surface area contributed by atoms with Crippen LogP contribution in [0, 0.1) is 6.92 Å². The Balaban J connectivity index is 2.69. The number of hydrogen-bond acceptors (Lipinski definition) is 3. The fourth-order valence-corrected chi connectivity index (χ4v) is 1.14. The first-order chi connectivity index (χ1) is 7.00. The molecular weight excluding hydrogens is 194 g/mol. The molecule has 15 heavy (non-hydrogen) atoms. The number of Topliss-reactive ketones (excluding diaryl/α,β-unsaturated/α-hetero) is 1. The van der Waals surface area contributed by atoms with E-state index in [1.54, 1.807) is 24.3 Å². The minimum Gasteiger partial charge on any atom is -0.480 e. The molecule has 1 atom stereocenters. The van der Waals surface area contributed by atoms with Crippen molar-refractivity contribution in [3.8, 4) is 0 Å². The van der Waals surface area contributed by atoms with E-state index >= 15 is 0 Å². The Kier molecular flexibility index (Phi) is 3.57. The Bertz CT molecular complexity index is 370. The average Bonchev–Trinajstić information content (AvgIpc) is 2.18. The molecule has 0 bridgehead atoms. The molecular formula is C11H13NO3. The molecule has 1 aromatic carbocycles. The second-order valence-corrected chi connectivity index (χ2v) is 3.44. The maximum Gasteiger partial charge on any atom is 0.320 e. The highest BCUT2D eigenvalue weighted by Gasteiger charge is 2.17. The first kappa shape index (κ1) is 11.4. The molecule has 4 heteroatoms. The number of carboxylic acids is 1. The first-order valence-corrected chi connectivity index (χ1v) is 4.59. The molecule has 0 aromatic heterocycles. The van der Waals surface area contributed by atoms with E-state index in [1.807, 2.05) is 6.92 Å². The number of benzene rings is 1. The van der Waals surface area contributed by atoms with Crippen LogP contribution in [-0.2, 0) is 4.79 Å². The van der Waals surface area contributed by atoms with Gasteiger partial charge in [0.05, 0.1) is 0 Å². The first-order valence-electron chi connectivity index (χ1n) is 4.59. The van der Waals surface area contributed by atoms with E-state index in [0.29, 0.717) is 5.56 Å². The van der Waals surface area contributed by atoms with Gasteiger partial charge in [-0.2, -0.15) is 0 Å². The van der Waals surface area contributed by atoms with Gasteiger partial charge in [0.25, 0.3) is 0 Å². The molecule has 0 fully saturated rings. The van der Waals surface area contributed by atoms with Gasteiger partial charge in [-0.1, -0.05) is 29.8 Å². The van der Waals surface area contributed by atoms with Gasteiger partial charge < -0.3 is 10.8 Å². The maximum atomic E-state index is 11.5. The standard InChI is InChI=1S/C11H13NO3/c1-7-2-4-8(5-3-7)10(13)6-9(12)11(14)15/h2-5,9H,6,12H2,1H3,(H,14,15). The van der Waals surface area contributed by atoms with Crippen molar-refractivity contribution in [2.24, 2.45) is 5.73 Å². The number of carbonyl (C=O) groups is 2. The monoisotopic (exact) mass is 207 g/mol. The Hall–Kier alpha value is -1.68. The van der Waals surface area contributed by atoms with Crippen LogP contribution in [0.3, 0.4) is 0 Å². The quantitative estimate of drug-likeness (QED) is 0.721. The van der Waals surface area contributed by atoms with Gasteiger partial charge in [-0.3, -0.25) is 9.59 Å². The number of aliphatic carboxylic acids is 1. The summed E-state index contributed by atoms with van der Waals surface area (Å²) in [6, 6.07) is 5.83. The third-order valence-corrected chi connectivity index (χ3v) is 2.10. The average molecular weight is 207 g/mol. The van der Waals surface area contributed by atoms with Gasteiger partial charge in [0.1, 0.15) is 6.04 Å². The smallest absolute Gasteiger partial charge is 0.320 e. The largest absolute Gasteiger partial charge is 0.480 e. The molecule has 4 nitrogen and oxygen atoms in total. The van der Waals surface area contributed by atoms with Gasteiger partial charge in [0.15, 0.2) is 5.78 Å². The molecule has 1 rings (SSSR count). The molecule has 1 aromatic rings. The number of rotatable bonds is 4. The molecule has 0 aliphatic rings. The molecule has 0 heterocycles. The summed E-state index contributed by atoms with van der Waals surface area (Å²) in [5, 5.41) is 8.54. The van der Waals surface area contributed by atoms with Crippen LogP contribution in [0.5, 0.6) is 0 Å². The summed E-state index contributed by atoms with van der Waals surface area (Å²) in [4.78, 5) is 22.0. The minimum absolute atomic E-state index is 0.168. The zero-order valence-electron chi connectivity index (χ0n) is 8.43. The van der Waals surface area contributed by atoms with Gasteiger partial charge >= 0.3 is 5.97 Å². The summed E-state index contributed by atoms with van der Waals surface area (Å²) in [5.41, 5.74) is 6.81. The SMILES string of the molecule is Cc1ccc(C(=O)CC(N)C(=O)O)cc1. The molecule has 3 N–H and O–H groups in total. The van der Waals surface area contributed by atoms with Crippen LogP contribution in [0.25, 0.3) is 0 Å². The number of hydrogen-bond donors (Lipinski definition) is 2. The number of nitrogens with two attached hydrogens (primary N) is 1. The van der Waals surface area contributed by atoms with Crippen molar-refractivity contribution in [2.45, 2.75) is 19.4 Å². The second kappa shape index (κ2) is 4.70. The van der Waals surface area contributed by atoms with E-state index in [1.165, 1.54) is 0 Å². The predicted molar refractivity (Wildman–Crippen MR) is 55.7 cm³/mol. The molecule has 0 aliphatic carbocycles. The van der Waals surface area contributed by atoms with Gasteiger partial charge in [0, 0.05) is 12.0 Å². The Morgan fingerprint density at radius 3 is 2.33 bits per heavy atom. The normalized spacial score (nSPS) is 12.1. The van der Waals surface area contributed by atoms with Crippen molar-refractivity contribution in [2.75, 3.05) is 0 Å². The summed E-state index contributed by atoms with van der Waals surface area (Å²) in [7, 11) is 0. The van der Waals surface area contributed by atoms with Crippen molar-refractivity contribution in [3.05, 3.63) is 35.4 Å². The topological polar surface area (TPSA) is 80.4 Å². The van der Waals surface area contributed by atoms with E-state index in [9.17, 15) is 9.59 Å². The lowest BCUT2D eigenvalue weighted by Crippen LogP contribution is -2.32. The highest BCUT2D eigenvalue weighted by atomic mass is 16.4. The predicted octanol–water partition coefficient (Wildman–Crippen LogP) is 0.980. The molecule has 0 aliphatic heterocycles. The zero-order valence-corrected chi connectivity index (χ0v) is 8.43. The third kappa shape index (κ3) is 3.18. The van der Waals surface area contributed by atoms with Gasteiger partial charge in [0.2, 0.25) is 0 Å². The molecule has 0 radical (unpaired) electrons. The molecule has 80 valence electrons. The number of aryl methyl sites for hydroxylation is 1. The Morgan fingerprint density at radius 2 is 1.87 bits per heavy atom. The van der Waals surface area contributed by atoms with Crippen molar-refractivity contribution in [1.29, 1.82) is 0 Å². The zero-order chi connectivity index (χ0) is 11.4. The minimum atomic E-state index is -1.16. The van der Waals surface area contributed by atoms with E-state index in [4.69, 9.17) is 10.8 Å². The molecule has 0 spiro atoms. The van der Waals surface area contributed by atoms with Crippen LogP contribution in [0.4, 0.5) is 0 Å². The summed E-state index contributed by atoms with van der Waals surface area (Å²) in [6.45, 7) is 1.91. The lowest BCUT2D eigenvalue weighted by Gasteiger charge is -2.05. The van der Waals surface area contributed by atoms with Crippen LogP contribution in [0.1, 0.15) is 22.3 Å². The van der Waals surface area contributed by atoms with E-state index in [0.717, 1.165) is 5.56 Å². The van der Waals surface area contributed by atoms with Gasteiger partial charge in [-0.15, -0.1) is 0 Å². The summed E-state index contributed by atoms with van der Waals surface area (Å²) < 4.78 is 0. The highest BCUT2D eigenvalue weighted by Crippen LogP contribution is 2.07. The summed E-state index contributed by atoms with van der Waals surface area (Å²) in [6.07, 6.45) is -0.168. The molecule has 0 saturated carbocycles. The summed E-state index contributed by atoms with van der Waals surface area (Å²) >= 11 is 0. The third-order valence-electron chi connectivity index (χ3n) is 2.10. The maximum absolute atomic E-state index is 11.5. The van der Waals surface area contributed by atoms with Gasteiger partial charge in [-0.05, 0) is 6.92 Å². The van der Waals surface area contributed by atoms with E-state index in [-0.39, 0.29) is 12.2 Å². The summed E-state index contributed by atoms with van der Waals surface area (Å²) in [5.74, 6) is -1.40. The fourth-order valence-electron chi connectivity index (χ4n) is 1.14. The van der Waals surface area contributed by atoms with Crippen LogP contribution >= 0.6 is 0 Å². The molecule has 0 amide bonds. The van der Waals surface area contributed by atoms with Gasteiger partial charge in [-0.25, -0.2) is 0 Å². The number of carbonyl (C=O) groups excluding carboxylic acids is 1. The number of ketones is 1. The molecule has 0 saturated heterocycles. The van der Waals surface area contributed by atoms with Crippen molar-refractivity contribution in [1.82, 2.24) is 0 Å². The van der Waals surface area contributed by atoms with Crippen molar-refractivity contribution >= 4 is 11.8 Å². The van der Waals surface area contributed by atoms with E-state index in [2.05, 4.69) is 0 Å². The lowest BCUT2D eigenvalue weighted by molar-refractivity contribution is -0.138.